The lowest BCUT2D eigenvalue weighted by Crippen LogP contribution is -1.85. The van der Waals surface area contributed by atoms with Gasteiger partial charge in [0.25, 0.3) is 0 Å². The van der Waals surface area contributed by atoms with Gasteiger partial charge in [-0.2, -0.15) is 0 Å². The van der Waals surface area contributed by atoms with Crippen molar-refractivity contribution in [3.8, 4) is 0 Å². The van der Waals surface area contributed by atoms with Gasteiger partial charge in [-0.1, -0.05) is 12.2 Å². The molecule has 0 N–H and O–H groups in total. The first-order valence-electron chi connectivity index (χ1n) is 2.85. The van der Waals surface area contributed by atoms with Crippen LogP contribution in [0.1, 0.15) is 12.8 Å². The molecular formula is C7H13O. The van der Waals surface area contributed by atoms with Crippen LogP contribution in [-0.4, -0.2) is 13.7 Å². The first-order chi connectivity index (χ1) is 3.91. The lowest BCUT2D eigenvalue weighted by Gasteiger charge is -1.91. The second kappa shape index (κ2) is 6.70. The van der Waals surface area contributed by atoms with Crippen LogP contribution in [0, 0.1) is 6.92 Å². The molecule has 0 saturated carbocycles. The lowest BCUT2D eigenvalue weighted by molar-refractivity contribution is 0.196. The molecule has 0 aromatic carbocycles. The van der Waals surface area contributed by atoms with E-state index in [-0.39, 0.29) is 0 Å². The second-order valence-electron chi connectivity index (χ2n) is 1.61. The zero-order valence-electron chi connectivity index (χ0n) is 5.39. The van der Waals surface area contributed by atoms with Crippen LogP contribution in [0.4, 0.5) is 0 Å². The Morgan fingerprint density at radius 1 is 1.62 bits per heavy atom. The first kappa shape index (κ1) is 7.70. The maximum Gasteiger partial charge on any atom is 0.0465 e. The minimum atomic E-state index is 0.852. The molecule has 0 amide bonds. The lowest BCUT2D eigenvalue weighted by atomic mass is 10.3. The van der Waals surface area contributed by atoms with Crippen molar-refractivity contribution in [1.29, 1.82) is 0 Å². The van der Waals surface area contributed by atoms with Crippen molar-refractivity contribution in [1.82, 2.24) is 0 Å². The van der Waals surface area contributed by atoms with Gasteiger partial charge in [-0.3, -0.25) is 0 Å². The Hall–Kier alpha value is -0.300. The van der Waals surface area contributed by atoms with Crippen LogP contribution in [0.2, 0.25) is 0 Å². The third kappa shape index (κ3) is 5.70. The third-order valence-electron chi connectivity index (χ3n) is 0.886. The Balaban J connectivity index is 2.72. The van der Waals surface area contributed by atoms with Gasteiger partial charge >= 0.3 is 0 Å². The van der Waals surface area contributed by atoms with Crippen LogP contribution >= 0.6 is 0 Å². The molecule has 47 valence electrons. The molecule has 0 atom stereocenters. The Bertz CT molecular complexity index is 57.4. The van der Waals surface area contributed by atoms with Crippen LogP contribution in [0.15, 0.2) is 12.2 Å². The third-order valence-corrected chi connectivity index (χ3v) is 0.886. The molecule has 0 heterocycles. The standard InChI is InChI=1S/C7H13O/c1-3-4-5-6-7-8-2/h3-4H,1,5-7H2,2H3/b4-3+. The van der Waals surface area contributed by atoms with E-state index in [2.05, 4.69) is 6.92 Å². The van der Waals surface area contributed by atoms with Crippen molar-refractivity contribution in [2.24, 2.45) is 0 Å². The molecule has 0 bridgehead atoms. The smallest absolute Gasteiger partial charge is 0.0465 e. The van der Waals surface area contributed by atoms with Crippen molar-refractivity contribution in [3.63, 3.8) is 0 Å². The summed E-state index contributed by atoms with van der Waals surface area (Å²) in [5.74, 6) is 0. The highest BCUT2D eigenvalue weighted by molar-refractivity contribution is 4.83. The van der Waals surface area contributed by atoms with Gasteiger partial charge in [0, 0.05) is 13.7 Å². The van der Waals surface area contributed by atoms with Crippen LogP contribution in [0.5, 0.6) is 0 Å². The van der Waals surface area contributed by atoms with E-state index in [9.17, 15) is 0 Å². The van der Waals surface area contributed by atoms with E-state index in [4.69, 9.17) is 4.74 Å². The molecule has 1 heteroatoms. The van der Waals surface area contributed by atoms with E-state index in [1.54, 1.807) is 7.11 Å². The molecule has 0 aliphatic rings. The van der Waals surface area contributed by atoms with Gasteiger partial charge in [-0.25, -0.2) is 0 Å². The molecule has 0 aromatic heterocycles. The number of methoxy groups -OCH3 is 1. The fraction of sp³-hybridized carbons (Fsp3) is 0.571. The maximum absolute atomic E-state index is 4.83. The molecule has 0 unspecified atom stereocenters. The predicted molar refractivity (Wildman–Crippen MR) is 35.6 cm³/mol. The van der Waals surface area contributed by atoms with Crippen LogP contribution in [0.25, 0.3) is 0 Å². The Labute approximate surface area is 51.4 Å². The number of hydrogen-bond acceptors (Lipinski definition) is 1. The molecule has 1 nitrogen and oxygen atoms in total. The van der Waals surface area contributed by atoms with Crippen molar-refractivity contribution in [2.75, 3.05) is 13.7 Å². The van der Waals surface area contributed by atoms with E-state index in [0.717, 1.165) is 19.4 Å². The average Bonchev–Trinajstić information content (AvgIpc) is 1.81. The summed E-state index contributed by atoms with van der Waals surface area (Å²) in [4.78, 5) is 0. The summed E-state index contributed by atoms with van der Waals surface area (Å²) in [6, 6.07) is 0. The molecule has 1 radical (unpaired) electrons. The molecule has 8 heavy (non-hydrogen) atoms. The van der Waals surface area contributed by atoms with Crippen molar-refractivity contribution < 1.29 is 4.74 Å². The Morgan fingerprint density at radius 3 is 2.88 bits per heavy atom. The van der Waals surface area contributed by atoms with Crippen LogP contribution < -0.4 is 0 Å². The monoisotopic (exact) mass is 113 g/mol. The highest BCUT2D eigenvalue weighted by atomic mass is 16.5. The van der Waals surface area contributed by atoms with E-state index >= 15 is 0 Å². The van der Waals surface area contributed by atoms with Crippen molar-refractivity contribution in [3.05, 3.63) is 19.1 Å². The number of rotatable bonds is 4. The molecule has 0 saturated heterocycles. The van der Waals surface area contributed by atoms with Gasteiger partial charge in [0.2, 0.25) is 0 Å². The topological polar surface area (TPSA) is 9.23 Å². The van der Waals surface area contributed by atoms with Crippen molar-refractivity contribution in [2.45, 2.75) is 12.8 Å². The SMILES string of the molecule is [CH2]/C=C/CCCOC. The largest absolute Gasteiger partial charge is 0.385 e. The highest BCUT2D eigenvalue weighted by Gasteiger charge is 1.78. The normalized spacial score (nSPS) is 10.8. The van der Waals surface area contributed by atoms with Crippen LogP contribution in [-0.2, 0) is 4.74 Å². The van der Waals surface area contributed by atoms with Gasteiger partial charge < -0.3 is 4.74 Å². The quantitative estimate of drug-likeness (QED) is 0.505. The number of unbranched alkanes of at least 4 members (excludes halogenated alkanes) is 1. The minimum Gasteiger partial charge on any atom is -0.385 e. The first-order valence-corrected chi connectivity index (χ1v) is 2.85. The summed E-state index contributed by atoms with van der Waals surface area (Å²) in [6.07, 6.45) is 6.04. The molecule has 0 aliphatic heterocycles. The fourth-order valence-corrected chi connectivity index (χ4v) is 0.463. The summed E-state index contributed by atoms with van der Waals surface area (Å²) in [5.41, 5.74) is 0. The second-order valence-corrected chi connectivity index (χ2v) is 1.61. The molecular weight excluding hydrogens is 100 g/mol. The Kier molecular flexibility index (Phi) is 6.45. The van der Waals surface area contributed by atoms with Gasteiger partial charge in [-0.05, 0) is 19.8 Å². The van der Waals surface area contributed by atoms with E-state index in [1.807, 2.05) is 12.2 Å². The van der Waals surface area contributed by atoms with Gasteiger partial charge in [-0.15, -0.1) is 0 Å². The fourth-order valence-electron chi connectivity index (χ4n) is 0.463. The Morgan fingerprint density at radius 2 is 2.38 bits per heavy atom. The van der Waals surface area contributed by atoms with Gasteiger partial charge in [0.15, 0.2) is 0 Å². The minimum absolute atomic E-state index is 0.852. The highest BCUT2D eigenvalue weighted by Crippen LogP contribution is 1.89. The average molecular weight is 113 g/mol. The van der Waals surface area contributed by atoms with Crippen molar-refractivity contribution >= 4 is 0 Å². The molecule has 0 aliphatic carbocycles. The van der Waals surface area contributed by atoms with Crippen LogP contribution in [0.3, 0.4) is 0 Å². The number of ether oxygens (including phenoxy) is 1. The zero-order valence-corrected chi connectivity index (χ0v) is 5.39. The predicted octanol–water partition coefficient (Wildman–Crippen LogP) is 1.80. The zero-order chi connectivity index (χ0) is 6.24. The van der Waals surface area contributed by atoms with E-state index in [0.29, 0.717) is 0 Å². The van der Waals surface area contributed by atoms with E-state index < -0.39 is 0 Å². The number of allylic oxidation sites excluding steroid dienone is 2. The summed E-state index contributed by atoms with van der Waals surface area (Å²) >= 11 is 0. The molecule has 0 rings (SSSR count). The number of hydrogen-bond donors (Lipinski definition) is 0. The van der Waals surface area contributed by atoms with Gasteiger partial charge in [0.1, 0.15) is 0 Å². The van der Waals surface area contributed by atoms with Gasteiger partial charge in [0.05, 0.1) is 0 Å². The maximum atomic E-state index is 4.83. The summed E-state index contributed by atoms with van der Waals surface area (Å²) in [5, 5.41) is 0. The molecule has 0 spiro atoms. The summed E-state index contributed by atoms with van der Waals surface area (Å²) in [7, 11) is 1.72. The molecule has 0 aromatic rings. The molecule has 0 fully saturated rings. The summed E-state index contributed by atoms with van der Waals surface area (Å²) in [6.45, 7) is 4.41. The summed E-state index contributed by atoms with van der Waals surface area (Å²) < 4.78 is 4.83. The van der Waals surface area contributed by atoms with E-state index in [1.165, 1.54) is 0 Å².